The first-order valence-electron chi connectivity index (χ1n) is 7.52. The van der Waals surface area contributed by atoms with E-state index >= 15 is 0 Å². The van der Waals surface area contributed by atoms with E-state index in [1.54, 1.807) is 6.92 Å². The summed E-state index contributed by atoms with van der Waals surface area (Å²) in [5, 5.41) is 6.35. The summed E-state index contributed by atoms with van der Waals surface area (Å²) in [5.74, 6) is 0.235. The van der Waals surface area contributed by atoms with E-state index in [4.69, 9.17) is 0 Å². The van der Waals surface area contributed by atoms with Gasteiger partial charge in [0, 0.05) is 31.6 Å². The highest BCUT2D eigenvalue weighted by Gasteiger charge is 2.28. The Hall–Kier alpha value is -0.660. The minimum atomic E-state index is -3.08. The van der Waals surface area contributed by atoms with E-state index in [-0.39, 0.29) is 17.7 Å². The van der Waals surface area contributed by atoms with E-state index in [2.05, 4.69) is 10.6 Å². The van der Waals surface area contributed by atoms with Crippen molar-refractivity contribution < 1.29 is 13.2 Å². The van der Waals surface area contributed by atoms with E-state index in [1.165, 1.54) is 4.31 Å². The summed E-state index contributed by atoms with van der Waals surface area (Å²) < 4.78 is 25.0. The summed E-state index contributed by atoms with van der Waals surface area (Å²) in [6, 6.07) is 0.433. The molecule has 2 N–H and O–H groups in total. The third-order valence-corrected chi connectivity index (χ3v) is 6.05. The average Bonchev–Trinajstić information content (AvgIpc) is 2.92. The molecule has 20 heavy (non-hydrogen) atoms. The first-order chi connectivity index (χ1) is 9.51. The van der Waals surface area contributed by atoms with Crippen LogP contribution in [-0.4, -0.2) is 56.1 Å². The smallest absolute Gasteiger partial charge is 0.221 e. The molecule has 0 radical (unpaired) electrons. The number of nitrogens with one attached hydrogen (secondary N) is 2. The lowest BCUT2D eigenvalue weighted by molar-refractivity contribution is -0.122. The van der Waals surface area contributed by atoms with Crippen molar-refractivity contribution in [2.75, 3.05) is 25.4 Å². The maximum atomic E-state index is 11.9. The van der Waals surface area contributed by atoms with Crippen LogP contribution in [0.15, 0.2) is 0 Å². The predicted octanol–water partition coefficient (Wildman–Crippen LogP) is 0.0588. The maximum Gasteiger partial charge on any atom is 0.221 e. The topological polar surface area (TPSA) is 78.5 Å². The molecule has 116 valence electrons. The summed E-state index contributed by atoms with van der Waals surface area (Å²) in [6.07, 6.45) is 4.17. The second kappa shape index (κ2) is 6.87. The number of rotatable bonds is 5. The number of hydrogen-bond acceptors (Lipinski definition) is 4. The number of hydrogen-bond donors (Lipinski definition) is 2. The van der Waals surface area contributed by atoms with Crippen molar-refractivity contribution in [1.82, 2.24) is 14.9 Å². The van der Waals surface area contributed by atoms with Crippen LogP contribution in [0.4, 0.5) is 0 Å². The predicted molar refractivity (Wildman–Crippen MR) is 77.8 cm³/mol. The normalized spacial score (nSPS) is 25.8. The van der Waals surface area contributed by atoms with Gasteiger partial charge in [-0.2, -0.15) is 0 Å². The molecule has 2 aliphatic heterocycles. The van der Waals surface area contributed by atoms with Gasteiger partial charge in [-0.1, -0.05) is 0 Å². The summed E-state index contributed by atoms with van der Waals surface area (Å²) in [4.78, 5) is 11.9. The summed E-state index contributed by atoms with van der Waals surface area (Å²) >= 11 is 0. The minimum Gasteiger partial charge on any atom is -0.353 e. The van der Waals surface area contributed by atoms with Crippen LogP contribution in [0.25, 0.3) is 0 Å². The second-order valence-corrected chi connectivity index (χ2v) is 7.90. The van der Waals surface area contributed by atoms with Gasteiger partial charge in [-0.15, -0.1) is 0 Å². The van der Waals surface area contributed by atoms with Crippen LogP contribution in [-0.2, 0) is 14.8 Å². The van der Waals surface area contributed by atoms with E-state index < -0.39 is 10.0 Å². The van der Waals surface area contributed by atoms with Gasteiger partial charge in [0.15, 0.2) is 0 Å². The Labute approximate surface area is 121 Å². The van der Waals surface area contributed by atoms with Crippen molar-refractivity contribution >= 4 is 15.9 Å². The number of piperidine rings is 1. The van der Waals surface area contributed by atoms with Gasteiger partial charge in [0.25, 0.3) is 0 Å². The summed E-state index contributed by atoms with van der Waals surface area (Å²) in [5.41, 5.74) is 0. The van der Waals surface area contributed by atoms with Crippen molar-refractivity contribution in [3.05, 3.63) is 0 Å². The Morgan fingerprint density at radius 3 is 2.55 bits per heavy atom. The molecule has 7 heteroatoms. The molecule has 0 spiro atoms. The Balaban J connectivity index is 1.72. The summed E-state index contributed by atoms with van der Waals surface area (Å²) in [7, 11) is -3.08. The zero-order valence-corrected chi connectivity index (χ0v) is 12.9. The summed E-state index contributed by atoms with van der Waals surface area (Å²) in [6.45, 7) is 3.70. The number of carbonyl (C=O) groups is 1. The fraction of sp³-hybridized carbons (Fsp3) is 0.923. The zero-order chi connectivity index (χ0) is 14.6. The fourth-order valence-corrected chi connectivity index (χ4v) is 4.03. The molecule has 0 aliphatic carbocycles. The molecule has 0 bridgehead atoms. The van der Waals surface area contributed by atoms with Gasteiger partial charge in [-0.3, -0.25) is 4.79 Å². The molecule has 2 heterocycles. The highest BCUT2D eigenvalue weighted by Crippen LogP contribution is 2.15. The van der Waals surface area contributed by atoms with Crippen molar-refractivity contribution in [1.29, 1.82) is 0 Å². The Bertz CT molecular complexity index is 424. The van der Waals surface area contributed by atoms with Crippen LogP contribution >= 0.6 is 0 Å². The average molecular weight is 303 g/mol. The van der Waals surface area contributed by atoms with E-state index in [9.17, 15) is 13.2 Å². The third kappa shape index (κ3) is 4.17. The van der Waals surface area contributed by atoms with Crippen LogP contribution in [0.2, 0.25) is 0 Å². The van der Waals surface area contributed by atoms with Gasteiger partial charge >= 0.3 is 0 Å². The number of nitrogens with zero attached hydrogens (tertiary/aromatic N) is 1. The van der Waals surface area contributed by atoms with Gasteiger partial charge in [-0.05, 0) is 39.2 Å². The minimum absolute atomic E-state index is 0.0844. The SMILES string of the molecule is CCS(=O)(=O)N1CCC(NC(=O)CC2CCCN2)CC1. The monoisotopic (exact) mass is 303 g/mol. The number of carbonyl (C=O) groups excluding carboxylic acids is 1. The molecule has 0 saturated carbocycles. The molecule has 1 amide bonds. The van der Waals surface area contributed by atoms with Gasteiger partial charge in [0.2, 0.25) is 15.9 Å². The Kier molecular flexibility index (Phi) is 5.40. The molecule has 2 aliphatic rings. The van der Waals surface area contributed by atoms with E-state index in [0.717, 1.165) is 19.4 Å². The second-order valence-electron chi connectivity index (χ2n) is 5.64. The molecule has 2 saturated heterocycles. The zero-order valence-electron chi connectivity index (χ0n) is 12.1. The van der Waals surface area contributed by atoms with Crippen LogP contribution in [0.5, 0.6) is 0 Å². The van der Waals surface area contributed by atoms with Gasteiger partial charge < -0.3 is 10.6 Å². The number of sulfonamides is 1. The molecule has 2 rings (SSSR count). The molecule has 1 atom stereocenters. The van der Waals surface area contributed by atoms with Gasteiger partial charge in [0.05, 0.1) is 5.75 Å². The molecular weight excluding hydrogens is 278 g/mol. The van der Waals surface area contributed by atoms with Crippen LogP contribution < -0.4 is 10.6 Å². The van der Waals surface area contributed by atoms with Gasteiger partial charge in [0.1, 0.15) is 0 Å². The lowest BCUT2D eigenvalue weighted by Crippen LogP contribution is -2.47. The van der Waals surface area contributed by atoms with Crippen molar-refractivity contribution in [2.24, 2.45) is 0 Å². The maximum absolute atomic E-state index is 11.9. The van der Waals surface area contributed by atoms with Crippen LogP contribution in [0.3, 0.4) is 0 Å². The molecule has 0 aromatic rings. The first kappa shape index (κ1) is 15.7. The fourth-order valence-electron chi connectivity index (χ4n) is 2.90. The largest absolute Gasteiger partial charge is 0.353 e. The third-order valence-electron chi connectivity index (χ3n) is 4.17. The van der Waals surface area contributed by atoms with E-state index in [0.29, 0.717) is 38.4 Å². The highest BCUT2D eigenvalue weighted by molar-refractivity contribution is 7.89. The highest BCUT2D eigenvalue weighted by atomic mass is 32.2. The van der Waals surface area contributed by atoms with Crippen molar-refractivity contribution in [2.45, 2.75) is 51.1 Å². The molecule has 1 unspecified atom stereocenters. The van der Waals surface area contributed by atoms with Gasteiger partial charge in [-0.25, -0.2) is 12.7 Å². The molecule has 6 nitrogen and oxygen atoms in total. The first-order valence-corrected chi connectivity index (χ1v) is 9.12. The Morgan fingerprint density at radius 1 is 1.30 bits per heavy atom. The molecule has 2 fully saturated rings. The standard InChI is InChI=1S/C13H25N3O3S/c1-2-20(18,19)16-8-5-11(6-9-16)15-13(17)10-12-4-3-7-14-12/h11-12,14H,2-10H2,1H3,(H,15,17). The Morgan fingerprint density at radius 2 is 2.00 bits per heavy atom. The lowest BCUT2D eigenvalue weighted by Gasteiger charge is -2.31. The van der Waals surface area contributed by atoms with E-state index in [1.807, 2.05) is 0 Å². The molecule has 0 aromatic carbocycles. The van der Waals surface area contributed by atoms with Crippen molar-refractivity contribution in [3.8, 4) is 0 Å². The number of amides is 1. The molecule has 0 aromatic heterocycles. The van der Waals surface area contributed by atoms with Crippen LogP contribution in [0.1, 0.15) is 39.0 Å². The quantitative estimate of drug-likeness (QED) is 0.753. The van der Waals surface area contributed by atoms with Crippen LogP contribution in [0, 0.1) is 0 Å². The molecular formula is C13H25N3O3S. The lowest BCUT2D eigenvalue weighted by atomic mass is 10.1. The van der Waals surface area contributed by atoms with Crippen molar-refractivity contribution in [3.63, 3.8) is 0 Å².